The lowest BCUT2D eigenvalue weighted by molar-refractivity contribution is 0.139. The average molecular weight is 278 g/mol. The second-order valence-electron chi connectivity index (χ2n) is 5.64. The van der Waals surface area contributed by atoms with Crippen molar-refractivity contribution in [3.05, 3.63) is 23.8 Å². The molecule has 20 heavy (non-hydrogen) atoms. The number of likely N-dealkylation sites (tertiary alicyclic amines) is 1. The van der Waals surface area contributed by atoms with E-state index >= 15 is 0 Å². The molecule has 1 aliphatic heterocycles. The normalized spacial score (nSPS) is 18.9. The highest BCUT2D eigenvalue weighted by Crippen LogP contribution is 2.33. The number of phenolic OH excluding ortho intramolecular Hbond substituents is 1. The molecule has 4 heteroatoms. The van der Waals surface area contributed by atoms with Crippen molar-refractivity contribution in [3.63, 3.8) is 0 Å². The van der Waals surface area contributed by atoms with Gasteiger partial charge in [-0.15, -0.1) is 0 Å². The van der Waals surface area contributed by atoms with E-state index in [1.54, 1.807) is 19.2 Å². The van der Waals surface area contributed by atoms with Crippen LogP contribution in [0.15, 0.2) is 18.2 Å². The van der Waals surface area contributed by atoms with E-state index in [1.807, 2.05) is 13.1 Å². The number of benzene rings is 1. The number of nitrogens with zero attached hydrogens (tertiary/aromatic N) is 1. The van der Waals surface area contributed by atoms with Crippen molar-refractivity contribution in [2.75, 3.05) is 33.8 Å². The molecule has 0 aromatic heterocycles. The summed E-state index contributed by atoms with van der Waals surface area (Å²) in [5.74, 6) is 1.94. The fraction of sp³-hybridized carbons (Fsp3) is 0.625. The molecule has 4 nitrogen and oxygen atoms in total. The van der Waals surface area contributed by atoms with Gasteiger partial charge in [-0.25, -0.2) is 0 Å². The number of hydrogen-bond donors (Lipinski definition) is 2. The number of hydrogen-bond acceptors (Lipinski definition) is 4. The fourth-order valence-corrected chi connectivity index (χ4v) is 3.02. The largest absolute Gasteiger partial charge is 0.508 e. The lowest BCUT2D eigenvalue weighted by atomic mass is 9.94. The van der Waals surface area contributed by atoms with Gasteiger partial charge < -0.3 is 15.2 Å². The standard InChI is InChI=1S/C16H26N2O2/c1-12(15-10-14(20-3)4-5-16(15)19)18-8-6-13(7-9-18)11-17-2/h4-5,10,12-13,17,19H,6-9,11H2,1-3H3. The highest BCUT2D eigenvalue weighted by atomic mass is 16.5. The highest BCUT2D eigenvalue weighted by Gasteiger charge is 2.24. The van der Waals surface area contributed by atoms with E-state index in [2.05, 4.69) is 17.1 Å². The molecule has 1 heterocycles. The van der Waals surface area contributed by atoms with Crippen LogP contribution >= 0.6 is 0 Å². The van der Waals surface area contributed by atoms with Gasteiger partial charge in [-0.3, -0.25) is 4.90 Å². The van der Waals surface area contributed by atoms with Crippen LogP contribution in [0.25, 0.3) is 0 Å². The minimum atomic E-state index is 0.223. The lowest BCUT2D eigenvalue weighted by Crippen LogP contribution is -2.38. The van der Waals surface area contributed by atoms with E-state index in [4.69, 9.17) is 4.74 Å². The van der Waals surface area contributed by atoms with Crippen molar-refractivity contribution in [1.29, 1.82) is 0 Å². The van der Waals surface area contributed by atoms with Crippen LogP contribution in [0, 0.1) is 5.92 Å². The summed E-state index contributed by atoms with van der Waals surface area (Å²) in [5.41, 5.74) is 0.955. The van der Waals surface area contributed by atoms with E-state index in [1.165, 1.54) is 12.8 Å². The molecule has 0 amide bonds. The minimum Gasteiger partial charge on any atom is -0.508 e. The SMILES string of the molecule is CNCC1CCN(C(C)c2cc(OC)ccc2O)CC1. The van der Waals surface area contributed by atoms with Gasteiger partial charge in [0.15, 0.2) is 0 Å². The number of ether oxygens (including phenoxy) is 1. The predicted molar refractivity (Wildman–Crippen MR) is 81.3 cm³/mol. The maximum absolute atomic E-state index is 10.1. The lowest BCUT2D eigenvalue weighted by Gasteiger charge is -2.36. The Morgan fingerprint density at radius 1 is 1.40 bits per heavy atom. The van der Waals surface area contributed by atoms with Gasteiger partial charge in [0, 0.05) is 11.6 Å². The minimum absolute atomic E-state index is 0.223. The van der Waals surface area contributed by atoms with Crippen LogP contribution in [-0.4, -0.2) is 43.8 Å². The monoisotopic (exact) mass is 278 g/mol. The van der Waals surface area contributed by atoms with Gasteiger partial charge in [-0.2, -0.15) is 0 Å². The quantitative estimate of drug-likeness (QED) is 0.868. The first-order chi connectivity index (χ1) is 9.65. The molecule has 1 aliphatic rings. The topological polar surface area (TPSA) is 44.7 Å². The zero-order valence-electron chi connectivity index (χ0n) is 12.7. The number of phenols is 1. The highest BCUT2D eigenvalue weighted by molar-refractivity contribution is 5.41. The Morgan fingerprint density at radius 2 is 2.10 bits per heavy atom. The zero-order valence-corrected chi connectivity index (χ0v) is 12.7. The first-order valence-corrected chi connectivity index (χ1v) is 7.41. The Bertz CT molecular complexity index is 428. The van der Waals surface area contributed by atoms with Gasteiger partial charge in [-0.1, -0.05) is 0 Å². The average Bonchev–Trinajstić information content (AvgIpc) is 2.48. The summed E-state index contributed by atoms with van der Waals surface area (Å²) in [6.45, 7) is 5.44. The molecule has 0 bridgehead atoms. The molecule has 0 radical (unpaired) electrons. The molecule has 1 atom stereocenters. The third-order valence-electron chi connectivity index (χ3n) is 4.37. The maximum Gasteiger partial charge on any atom is 0.120 e. The van der Waals surface area contributed by atoms with Crippen LogP contribution in [0.4, 0.5) is 0 Å². The van der Waals surface area contributed by atoms with Gasteiger partial charge in [0.05, 0.1) is 7.11 Å². The smallest absolute Gasteiger partial charge is 0.120 e. The molecule has 1 aromatic carbocycles. The summed E-state index contributed by atoms with van der Waals surface area (Å²) in [7, 11) is 3.67. The molecular formula is C16H26N2O2. The fourth-order valence-electron chi connectivity index (χ4n) is 3.02. The van der Waals surface area contributed by atoms with Crippen LogP contribution in [-0.2, 0) is 0 Å². The zero-order chi connectivity index (χ0) is 14.5. The number of aromatic hydroxyl groups is 1. The summed E-state index contributed by atoms with van der Waals surface area (Å²) >= 11 is 0. The van der Waals surface area contributed by atoms with Crippen LogP contribution in [0.1, 0.15) is 31.4 Å². The summed E-state index contributed by atoms with van der Waals surface area (Å²) in [6.07, 6.45) is 2.44. The van der Waals surface area contributed by atoms with Crippen LogP contribution in [0.2, 0.25) is 0 Å². The number of piperidine rings is 1. The first kappa shape index (κ1) is 15.1. The molecule has 0 saturated carbocycles. The Morgan fingerprint density at radius 3 is 2.70 bits per heavy atom. The van der Waals surface area contributed by atoms with E-state index in [0.29, 0.717) is 5.75 Å². The van der Waals surface area contributed by atoms with Crippen molar-refractivity contribution in [3.8, 4) is 11.5 Å². The molecule has 1 aromatic rings. The van der Waals surface area contributed by atoms with Gasteiger partial charge >= 0.3 is 0 Å². The Hall–Kier alpha value is -1.26. The third kappa shape index (κ3) is 3.44. The van der Waals surface area contributed by atoms with Crippen LogP contribution < -0.4 is 10.1 Å². The second-order valence-corrected chi connectivity index (χ2v) is 5.64. The molecular weight excluding hydrogens is 252 g/mol. The molecule has 1 saturated heterocycles. The van der Waals surface area contributed by atoms with E-state index in [0.717, 1.165) is 36.9 Å². The summed E-state index contributed by atoms with van der Waals surface area (Å²) in [4.78, 5) is 2.45. The summed E-state index contributed by atoms with van der Waals surface area (Å²) in [6, 6.07) is 5.68. The van der Waals surface area contributed by atoms with Gasteiger partial charge in [0.2, 0.25) is 0 Å². The Labute approximate surface area is 121 Å². The van der Waals surface area contributed by atoms with E-state index < -0.39 is 0 Å². The number of rotatable bonds is 5. The molecule has 2 rings (SSSR count). The molecule has 1 fully saturated rings. The molecule has 0 spiro atoms. The first-order valence-electron chi connectivity index (χ1n) is 7.41. The second kappa shape index (κ2) is 6.95. The van der Waals surface area contributed by atoms with E-state index in [-0.39, 0.29) is 6.04 Å². The Kier molecular flexibility index (Phi) is 5.26. The van der Waals surface area contributed by atoms with Crippen molar-refractivity contribution in [2.45, 2.75) is 25.8 Å². The van der Waals surface area contributed by atoms with Gasteiger partial charge in [0.25, 0.3) is 0 Å². The number of methoxy groups -OCH3 is 1. The maximum atomic E-state index is 10.1. The molecule has 0 aliphatic carbocycles. The van der Waals surface area contributed by atoms with Crippen molar-refractivity contribution in [2.24, 2.45) is 5.92 Å². The van der Waals surface area contributed by atoms with E-state index in [9.17, 15) is 5.11 Å². The number of nitrogens with one attached hydrogen (secondary N) is 1. The van der Waals surface area contributed by atoms with Crippen molar-refractivity contribution in [1.82, 2.24) is 10.2 Å². The summed E-state index contributed by atoms with van der Waals surface area (Å²) < 4.78 is 5.26. The third-order valence-corrected chi connectivity index (χ3v) is 4.37. The van der Waals surface area contributed by atoms with Crippen LogP contribution in [0.3, 0.4) is 0 Å². The van der Waals surface area contributed by atoms with Crippen molar-refractivity contribution >= 4 is 0 Å². The molecule has 1 unspecified atom stereocenters. The molecule has 2 N–H and O–H groups in total. The van der Waals surface area contributed by atoms with Crippen LogP contribution in [0.5, 0.6) is 11.5 Å². The van der Waals surface area contributed by atoms with Gasteiger partial charge in [0.1, 0.15) is 11.5 Å². The summed E-state index contributed by atoms with van der Waals surface area (Å²) in [5, 5.41) is 13.3. The van der Waals surface area contributed by atoms with Crippen molar-refractivity contribution < 1.29 is 9.84 Å². The Balaban J connectivity index is 2.03. The molecule has 112 valence electrons. The van der Waals surface area contributed by atoms with Gasteiger partial charge in [-0.05, 0) is 70.6 Å². The predicted octanol–water partition coefficient (Wildman–Crippen LogP) is 2.39.